The molecule has 0 unspecified atom stereocenters. The van der Waals surface area contributed by atoms with Crippen LogP contribution in [0.2, 0.25) is 0 Å². The number of amides is 1. The van der Waals surface area contributed by atoms with Gasteiger partial charge < -0.3 is 15.3 Å². The Kier molecular flexibility index (Phi) is 4.55. The van der Waals surface area contributed by atoms with E-state index in [1.807, 2.05) is 7.05 Å². The minimum Gasteiger partial charge on any atom is -0.481 e. The van der Waals surface area contributed by atoms with Crippen molar-refractivity contribution >= 4 is 11.9 Å². The molecule has 0 bridgehead atoms. The molecule has 0 atom stereocenters. The van der Waals surface area contributed by atoms with Crippen LogP contribution in [0, 0.1) is 5.92 Å². The zero-order valence-electron chi connectivity index (χ0n) is 9.03. The van der Waals surface area contributed by atoms with Gasteiger partial charge in [0.1, 0.15) is 0 Å². The van der Waals surface area contributed by atoms with Gasteiger partial charge >= 0.3 is 5.97 Å². The fourth-order valence-corrected chi connectivity index (χ4v) is 1.72. The third kappa shape index (κ3) is 3.87. The quantitative estimate of drug-likeness (QED) is 0.607. The van der Waals surface area contributed by atoms with Crippen LogP contribution in [-0.2, 0) is 9.59 Å². The Balaban J connectivity index is 2.09. The first kappa shape index (κ1) is 12.0. The van der Waals surface area contributed by atoms with E-state index in [4.69, 9.17) is 5.11 Å². The molecule has 0 saturated carbocycles. The van der Waals surface area contributed by atoms with Crippen molar-refractivity contribution in [3.63, 3.8) is 0 Å². The molecule has 1 aliphatic heterocycles. The van der Waals surface area contributed by atoms with E-state index in [-0.39, 0.29) is 18.2 Å². The van der Waals surface area contributed by atoms with E-state index in [9.17, 15) is 9.59 Å². The van der Waals surface area contributed by atoms with Crippen molar-refractivity contribution in [1.29, 1.82) is 0 Å². The molecular formula is C10H18N2O3. The maximum absolute atomic E-state index is 11.5. The summed E-state index contributed by atoms with van der Waals surface area (Å²) in [6.45, 7) is 2.08. The maximum atomic E-state index is 11.5. The summed E-state index contributed by atoms with van der Waals surface area (Å²) in [6, 6.07) is 0. The Morgan fingerprint density at radius 3 is 2.67 bits per heavy atom. The molecule has 0 radical (unpaired) electrons. The first-order valence-corrected chi connectivity index (χ1v) is 5.27. The summed E-state index contributed by atoms with van der Waals surface area (Å²) in [5.74, 6) is -0.468. The van der Waals surface area contributed by atoms with Crippen LogP contribution in [0.5, 0.6) is 0 Å². The molecule has 1 fully saturated rings. The highest BCUT2D eigenvalue weighted by atomic mass is 16.4. The van der Waals surface area contributed by atoms with Crippen LogP contribution < -0.4 is 5.32 Å². The lowest BCUT2D eigenvalue weighted by molar-refractivity contribution is -0.145. The average molecular weight is 214 g/mol. The molecule has 1 saturated heterocycles. The van der Waals surface area contributed by atoms with Crippen LogP contribution in [-0.4, -0.2) is 48.6 Å². The molecule has 1 heterocycles. The Morgan fingerprint density at radius 2 is 2.13 bits per heavy atom. The molecule has 5 nitrogen and oxygen atoms in total. The number of carboxylic acid groups (broad SMARTS) is 1. The highest BCUT2D eigenvalue weighted by Crippen LogP contribution is 2.19. The number of likely N-dealkylation sites (tertiary alicyclic amines) is 1. The number of carbonyl (C=O) groups is 2. The summed E-state index contributed by atoms with van der Waals surface area (Å²) in [7, 11) is 1.86. The summed E-state index contributed by atoms with van der Waals surface area (Å²) in [4.78, 5) is 23.6. The number of rotatable bonds is 6. The third-order valence-corrected chi connectivity index (χ3v) is 2.59. The topological polar surface area (TPSA) is 69.6 Å². The SMILES string of the molecule is CNCCCC(=O)N1CC(CC(=O)O)C1. The van der Waals surface area contributed by atoms with Crippen LogP contribution in [0.15, 0.2) is 0 Å². The summed E-state index contributed by atoms with van der Waals surface area (Å²) in [5.41, 5.74) is 0. The predicted molar refractivity (Wildman–Crippen MR) is 55.5 cm³/mol. The molecule has 0 spiro atoms. The first-order chi connectivity index (χ1) is 7.13. The van der Waals surface area contributed by atoms with E-state index < -0.39 is 5.97 Å². The highest BCUT2D eigenvalue weighted by molar-refractivity contribution is 5.77. The standard InChI is InChI=1S/C10H18N2O3/c1-11-4-2-3-9(13)12-6-8(7-12)5-10(14)15/h8,11H,2-7H2,1H3,(H,14,15). The number of hydrogen-bond acceptors (Lipinski definition) is 3. The Bertz CT molecular complexity index is 237. The van der Waals surface area contributed by atoms with Gasteiger partial charge in [-0.05, 0) is 20.0 Å². The Hall–Kier alpha value is -1.10. The minimum absolute atomic E-state index is 0.145. The smallest absolute Gasteiger partial charge is 0.303 e. The van der Waals surface area contributed by atoms with E-state index >= 15 is 0 Å². The van der Waals surface area contributed by atoms with E-state index in [0.717, 1.165) is 13.0 Å². The van der Waals surface area contributed by atoms with Crippen molar-refractivity contribution < 1.29 is 14.7 Å². The monoisotopic (exact) mass is 214 g/mol. The zero-order valence-corrected chi connectivity index (χ0v) is 9.03. The minimum atomic E-state index is -0.776. The van der Waals surface area contributed by atoms with Crippen molar-refractivity contribution in [1.82, 2.24) is 10.2 Å². The normalized spacial score (nSPS) is 16.2. The molecule has 1 rings (SSSR count). The second kappa shape index (κ2) is 5.70. The van der Waals surface area contributed by atoms with Gasteiger partial charge in [-0.15, -0.1) is 0 Å². The van der Waals surface area contributed by atoms with Gasteiger partial charge in [-0.25, -0.2) is 0 Å². The number of carboxylic acids is 1. The average Bonchev–Trinajstić information content (AvgIpc) is 2.10. The lowest BCUT2D eigenvalue weighted by Gasteiger charge is -2.38. The third-order valence-electron chi connectivity index (χ3n) is 2.59. The molecular weight excluding hydrogens is 196 g/mol. The molecule has 1 aliphatic rings. The summed E-state index contributed by atoms with van der Waals surface area (Å²) in [5, 5.41) is 11.5. The second-order valence-electron chi connectivity index (χ2n) is 3.97. The van der Waals surface area contributed by atoms with Crippen molar-refractivity contribution in [3.05, 3.63) is 0 Å². The van der Waals surface area contributed by atoms with Gasteiger partial charge in [0.25, 0.3) is 0 Å². The largest absolute Gasteiger partial charge is 0.481 e. The molecule has 2 N–H and O–H groups in total. The fourth-order valence-electron chi connectivity index (χ4n) is 1.72. The highest BCUT2D eigenvalue weighted by Gasteiger charge is 2.31. The number of hydrogen-bond donors (Lipinski definition) is 2. The lowest BCUT2D eigenvalue weighted by Crippen LogP contribution is -2.50. The molecule has 0 aromatic heterocycles. The van der Waals surface area contributed by atoms with Gasteiger partial charge in [0.2, 0.25) is 5.91 Å². The molecule has 5 heteroatoms. The summed E-state index contributed by atoms with van der Waals surface area (Å²) in [6.07, 6.45) is 1.58. The van der Waals surface area contributed by atoms with Gasteiger partial charge in [-0.2, -0.15) is 0 Å². The second-order valence-corrected chi connectivity index (χ2v) is 3.97. The molecule has 15 heavy (non-hydrogen) atoms. The van der Waals surface area contributed by atoms with Crippen LogP contribution in [0.4, 0.5) is 0 Å². The van der Waals surface area contributed by atoms with Gasteiger partial charge in [-0.3, -0.25) is 9.59 Å². The Labute approximate surface area is 89.4 Å². The van der Waals surface area contributed by atoms with E-state index in [1.165, 1.54) is 0 Å². The number of carbonyl (C=O) groups excluding carboxylic acids is 1. The molecule has 86 valence electrons. The van der Waals surface area contributed by atoms with Crippen LogP contribution in [0.3, 0.4) is 0 Å². The number of nitrogens with one attached hydrogen (secondary N) is 1. The summed E-state index contributed by atoms with van der Waals surface area (Å²) >= 11 is 0. The molecule has 0 aromatic rings. The van der Waals surface area contributed by atoms with Crippen molar-refractivity contribution in [2.75, 3.05) is 26.7 Å². The Morgan fingerprint density at radius 1 is 1.47 bits per heavy atom. The fraction of sp³-hybridized carbons (Fsp3) is 0.800. The predicted octanol–water partition coefficient (Wildman–Crippen LogP) is -0.0809. The number of aliphatic carboxylic acids is 1. The molecule has 1 amide bonds. The zero-order chi connectivity index (χ0) is 11.3. The van der Waals surface area contributed by atoms with Crippen molar-refractivity contribution in [3.8, 4) is 0 Å². The number of nitrogens with zero attached hydrogens (tertiary/aromatic N) is 1. The van der Waals surface area contributed by atoms with Gasteiger partial charge in [-0.1, -0.05) is 0 Å². The van der Waals surface area contributed by atoms with Gasteiger partial charge in [0.15, 0.2) is 0 Å². The van der Waals surface area contributed by atoms with Crippen LogP contribution in [0.25, 0.3) is 0 Å². The van der Waals surface area contributed by atoms with E-state index in [0.29, 0.717) is 19.5 Å². The lowest BCUT2D eigenvalue weighted by atomic mass is 9.96. The van der Waals surface area contributed by atoms with E-state index in [2.05, 4.69) is 5.32 Å². The van der Waals surface area contributed by atoms with Gasteiger partial charge in [0.05, 0.1) is 6.42 Å². The molecule has 0 aliphatic carbocycles. The maximum Gasteiger partial charge on any atom is 0.303 e. The van der Waals surface area contributed by atoms with E-state index in [1.54, 1.807) is 4.90 Å². The van der Waals surface area contributed by atoms with Crippen LogP contribution in [0.1, 0.15) is 19.3 Å². The van der Waals surface area contributed by atoms with Crippen LogP contribution >= 0.6 is 0 Å². The first-order valence-electron chi connectivity index (χ1n) is 5.27. The molecule has 0 aromatic carbocycles. The van der Waals surface area contributed by atoms with Gasteiger partial charge in [0, 0.05) is 25.4 Å². The summed E-state index contributed by atoms with van der Waals surface area (Å²) < 4.78 is 0. The van der Waals surface area contributed by atoms with Crippen molar-refractivity contribution in [2.24, 2.45) is 5.92 Å². The van der Waals surface area contributed by atoms with Crippen molar-refractivity contribution in [2.45, 2.75) is 19.3 Å².